The van der Waals surface area contributed by atoms with E-state index in [-0.39, 0.29) is 31.1 Å². The highest BCUT2D eigenvalue weighted by atomic mass is 19.4. The van der Waals surface area contributed by atoms with Gasteiger partial charge in [0, 0.05) is 30.5 Å². The molecule has 214 valence electrons. The zero-order valence-corrected chi connectivity index (χ0v) is 20.8. The molecule has 0 aliphatic carbocycles. The fourth-order valence-corrected chi connectivity index (χ4v) is 4.02. The second-order valence-electron chi connectivity index (χ2n) is 8.73. The van der Waals surface area contributed by atoms with Crippen molar-refractivity contribution in [2.24, 2.45) is 0 Å². The van der Waals surface area contributed by atoms with Crippen molar-refractivity contribution >= 4 is 17.8 Å². The number of benzene rings is 1. The van der Waals surface area contributed by atoms with Crippen LogP contribution in [0.2, 0.25) is 0 Å². The first-order valence-corrected chi connectivity index (χ1v) is 12.0. The van der Waals surface area contributed by atoms with Crippen molar-refractivity contribution in [3.63, 3.8) is 0 Å². The maximum atomic E-state index is 12.5. The molecular formula is C25H24F3N3O9. The number of anilines is 1. The Kier molecular flexibility index (Phi) is 8.50. The smallest absolute Gasteiger partial charge is 0.488 e. The van der Waals surface area contributed by atoms with Crippen LogP contribution in [0.4, 0.5) is 19.0 Å². The fourth-order valence-electron chi connectivity index (χ4n) is 4.02. The average Bonchev–Trinajstić information content (AvgIpc) is 3.51. The van der Waals surface area contributed by atoms with Gasteiger partial charge in [-0.2, -0.15) is 17.9 Å². The number of aryl methyl sites for hydroxylation is 2. The average molecular weight is 567 g/mol. The normalized spacial score (nSPS) is 14.2. The van der Waals surface area contributed by atoms with Crippen molar-refractivity contribution in [1.82, 2.24) is 9.72 Å². The quantitative estimate of drug-likeness (QED) is 0.367. The van der Waals surface area contributed by atoms with Gasteiger partial charge in [0.1, 0.15) is 12.4 Å². The minimum absolute atomic E-state index is 0.108. The Morgan fingerprint density at radius 3 is 2.50 bits per heavy atom. The summed E-state index contributed by atoms with van der Waals surface area (Å²) in [6, 6.07) is 10.5. The number of pyridine rings is 1. The molecule has 40 heavy (non-hydrogen) atoms. The highest BCUT2D eigenvalue weighted by molar-refractivity contribution is 5.73. The van der Waals surface area contributed by atoms with E-state index >= 15 is 0 Å². The largest absolute Gasteiger partial charge is 0.490 e. The van der Waals surface area contributed by atoms with Crippen LogP contribution in [0.15, 0.2) is 45.7 Å². The van der Waals surface area contributed by atoms with E-state index < -0.39 is 18.1 Å². The summed E-state index contributed by atoms with van der Waals surface area (Å²) in [5.74, 6) is -1.02. The van der Waals surface area contributed by atoms with Crippen molar-refractivity contribution in [3.8, 4) is 17.2 Å². The third kappa shape index (κ3) is 7.24. The van der Waals surface area contributed by atoms with Crippen LogP contribution in [0, 0.1) is 0 Å². The van der Waals surface area contributed by atoms with Crippen LogP contribution >= 0.6 is 0 Å². The standard InChI is InChI=1S/C23H23N3O7.C2HF3O2/c27-21-12-17(9-15(11-22(28)29)14-1-3-18-20(10-14)32-13-31-18)33-26(21)7-5-16-2-4-19-23(25-16)24-6-8-30-19;3-2(4,5)1(6)7/h1-4,10,12,15H,5-9,11,13H2,(H,24,25)(H,28,29);(H,6,7). The van der Waals surface area contributed by atoms with E-state index in [0.717, 1.165) is 17.0 Å². The summed E-state index contributed by atoms with van der Waals surface area (Å²) in [6.07, 6.45) is -4.42. The lowest BCUT2D eigenvalue weighted by Gasteiger charge is -2.18. The van der Waals surface area contributed by atoms with Gasteiger partial charge in [-0.05, 0) is 29.8 Å². The van der Waals surface area contributed by atoms with Gasteiger partial charge in [0.25, 0.3) is 5.56 Å². The first-order chi connectivity index (χ1) is 19.0. The number of ether oxygens (including phenoxy) is 3. The van der Waals surface area contributed by atoms with Crippen molar-refractivity contribution < 1.29 is 51.7 Å². The summed E-state index contributed by atoms with van der Waals surface area (Å²) in [6.45, 7) is 1.76. The lowest BCUT2D eigenvalue weighted by Crippen LogP contribution is -2.21. The van der Waals surface area contributed by atoms with E-state index in [9.17, 15) is 27.9 Å². The minimum atomic E-state index is -5.08. The first-order valence-electron chi connectivity index (χ1n) is 12.0. The number of fused-ring (bicyclic) bond motifs is 2. The van der Waals surface area contributed by atoms with Crippen LogP contribution < -0.4 is 25.1 Å². The lowest BCUT2D eigenvalue weighted by molar-refractivity contribution is -0.192. The Labute approximate surface area is 223 Å². The zero-order chi connectivity index (χ0) is 28.9. The predicted octanol–water partition coefficient (Wildman–Crippen LogP) is 3.05. The summed E-state index contributed by atoms with van der Waals surface area (Å²) in [5, 5.41) is 19.7. The third-order valence-corrected chi connectivity index (χ3v) is 5.88. The van der Waals surface area contributed by atoms with Crippen molar-refractivity contribution in [1.29, 1.82) is 0 Å². The molecule has 4 heterocycles. The van der Waals surface area contributed by atoms with E-state index in [1.807, 2.05) is 18.2 Å². The van der Waals surface area contributed by atoms with Crippen LogP contribution in [-0.4, -0.2) is 58.0 Å². The number of nitrogens with one attached hydrogen (secondary N) is 1. The number of carbonyl (C=O) groups is 2. The van der Waals surface area contributed by atoms with Gasteiger partial charge < -0.3 is 34.3 Å². The van der Waals surface area contributed by atoms with Crippen molar-refractivity contribution in [3.05, 3.63) is 63.8 Å². The second-order valence-corrected chi connectivity index (χ2v) is 8.73. The molecule has 15 heteroatoms. The summed E-state index contributed by atoms with van der Waals surface area (Å²) < 4.78 is 55.0. The van der Waals surface area contributed by atoms with Crippen LogP contribution in [0.3, 0.4) is 0 Å². The molecule has 0 fully saturated rings. The molecule has 0 radical (unpaired) electrons. The molecule has 0 amide bonds. The van der Waals surface area contributed by atoms with Gasteiger partial charge in [0.2, 0.25) is 6.79 Å². The highest BCUT2D eigenvalue weighted by Crippen LogP contribution is 2.36. The van der Waals surface area contributed by atoms with Gasteiger partial charge in [-0.15, -0.1) is 0 Å². The molecule has 2 aliphatic rings. The summed E-state index contributed by atoms with van der Waals surface area (Å²) >= 11 is 0. The van der Waals surface area contributed by atoms with E-state index in [1.165, 1.54) is 10.8 Å². The second kappa shape index (κ2) is 12.0. The number of hydrogen-bond acceptors (Lipinski definition) is 9. The van der Waals surface area contributed by atoms with Gasteiger partial charge in [0.15, 0.2) is 23.1 Å². The van der Waals surface area contributed by atoms with Gasteiger partial charge in [-0.3, -0.25) is 9.59 Å². The Bertz CT molecular complexity index is 1430. The van der Waals surface area contributed by atoms with E-state index in [0.29, 0.717) is 49.2 Å². The van der Waals surface area contributed by atoms with Crippen LogP contribution in [0.5, 0.6) is 17.2 Å². The minimum Gasteiger partial charge on any atom is -0.488 e. The molecule has 0 saturated heterocycles. The molecule has 2 aliphatic heterocycles. The predicted molar refractivity (Wildman–Crippen MR) is 130 cm³/mol. The molecule has 1 unspecified atom stereocenters. The molecule has 0 saturated carbocycles. The topological polar surface area (TPSA) is 162 Å². The number of carboxylic acids is 2. The molecule has 5 rings (SSSR count). The summed E-state index contributed by atoms with van der Waals surface area (Å²) in [5.41, 5.74) is 1.31. The number of hydrogen-bond donors (Lipinski definition) is 3. The Morgan fingerprint density at radius 2 is 1.77 bits per heavy atom. The zero-order valence-electron chi connectivity index (χ0n) is 20.8. The molecule has 0 spiro atoms. The number of alkyl halides is 3. The maximum absolute atomic E-state index is 12.5. The maximum Gasteiger partial charge on any atom is 0.490 e. The van der Waals surface area contributed by atoms with E-state index in [2.05, 4.69) is 10.3 Å². The molecule has 0 bridgehead atoms. The van der Waals surface area contributed by atoms with Crippen molar-refractivity contribution in [2.45, 2.75) is 37.9 Å². The van der Waals surface area contributed by atoms with Crippen molar-refractivity contribution in [2.75, 3.05) is 25.3 Å². The molecule has 1 aromatic carbocycles. The van der Waals surface area contributed by atoms with Crippen LogP contribution in [0.25, 0.3) is 0 Å². The van der Waals surface area contributed by atoms with Gasteiger partial charge in [-0.1, -0.05) is 6.07 Å². The van der Waals surface area contributed by atoms with Gasteiger partial charge in [0.05, 0.1) is 19.5 Å². The monoisotopic (exact) mass is 567 g/mol. The third-order valence-electron chi connectivity index (χ3n) is 5.88. The molecule has 3 N–H and O–H groups in total. The van der Waals surface area contributed by atoms with E-state index in [4.69, 9.17) is 28.6 Å². The number of aliphatic carboxylic acids is 2. The number of carboxylic acid groups (broad SMARTS) is 2. The van der Waals surface area contributed by atoms with Gasteiger partial charge in [-0.25, -0.2) is 9.78 Å². The van der Waals surface area contributed by atoms with Crippen LogP contribution in [-0.2, 0) is 29.0 Å². The Balaban J connectivity index is 0.000000470. The number of rotatable bonds is 8. The molecule has 12 nitrogen and oxygen atoms in total. The fraction of sp³-hybridized carbons (Fsp3) is 0.360. The summed E-state index contributed by atoms with van der Waals surface area (Å²) in [7, 11) is 0. The lowest BCUT2D eigenvalue weighted by atomic mass is 9.91. The SMILES string of the molecule is O=C(O)C(F)(F)F.O=C(O)CC(Cc1cc(=O)n(CCc2ccc3c(n2)NCCO3)o1)c1ccc2c(c1)OCO2. The van der Waals surface area contributed by atoms with E-state index in [1.54, 1.807) is 12.1 Å². The molecule has 1 atom stereocenters. The number of nitrogens with zero attached hydrogens (tertiary/aromatic N) is 2. The molecule has 3 aromatic rings. The van der Waals surface area contributed by atoms with Gasteiger partial charge >= 0.3 is 18.1 Å². The summed E-state index contributed by atoms with van der Waals surface area (Å²) in [4.78, 5) is 37.3. The van der Waals surface area contributed by atoms with Crippen LogP contribution in [0.1, 0.15) is 29.4 Å². The Morgan fingerprint density at radius 1 is 1.05 bits per heavy atom. The number of halogens is 3. The highest BCUT2D eigenvalue weighted by Gasteiger charge is 2.38. The Hall–Kier alpha value is -4.69. The first kappa shape index (κ1) is 28.3. The molecule has 2 aromatic heterocycles. The molecular weight excluding hydrogens is 543 g/mol. The number of aromatic nitrogens is 2.